The number of likely N-dealkylation sites (tertiary alicyclic amines) is 2. The van der Waals surface area contributed by atoms with Crippen molar-refractivity contribution in [2.24, 2.45) is 0 Å². The number of nitrogens with one attached hydrogen (secondary N) is 1. The Balaban J connectivity index is 1.88. The number of carbonyl (C=O) groups excluding carboxylic acids is 4. The van der Waals surface area contributed by atoms with E-state index in [4.69, 9.17) is 0 Å². The molecular formula is C10H15B2I2N3O4P2. The Kier molecular flexibility index (Phi) is 7.29. The van der Waals surface area contributed by atoms with Crippen molar-refractivity contribution in [1.29, 1.82) is 0 Å². The summed E-state index contributed by atoms with van der Waals surface area (Å²) in [6, 6.07) is 0. The lowest BCUT2D eigenvalue weighted by Gasteiger charge is -2.20. The molecular weight excluding hydrogens is 564 g/mol. The number of hydrogen-bond acceptors (Lipinski definition) is 5. The van der Waals surface area contributed by atoms with Crippen LogP contribution in [0.4, 0.5) is 0 Å². The molecule has 124 valence electrons. The van der Waals surface area contributed by atoms with Gasteiger partial charge < -0.3 is 0 Å². The first-order valence-electron chi connectivity index (χ1n) is 6.91. The van der Waals surface area contributed by atoms with Crippen molar-refractivity contribution in [1.82, 2.24) is 15.1 Å². The first kappa shape index (κ1) is 20.0. The van der Waals surface area contributed by atoms with Crippen LogP contribution in [0.2, 0.25) is 5.82 Å². The minimum absolute atomic E-state index is 0.00371. The molecule has 0 bridgehead atoms. The third-order valence-corrected chi connectivity index (χ3v) is 8.47. The Morgan fingerprint density at radius 3 is 2.13 bits per heavy atom. The van der Waals surface area contributed by atoms with Gasteiger partial charge in [-0.1, -0.05) is 27.5 Å². The Morgan fingerprint density at radius 1 is 1.17 bits per heavy atom. The highest BCUT2D eigenvalue weighted by Gasteiger charge is 2.43. The first-order valence-corrected chi connectivity index (χ1v) is 13.5. The zero-order valence-electron chi connectivity index (χ0n) is 12.4. The standard InChI is InChI=1S/C10H15B2I2N3O4P2/c11-23(14)6-2-8(19)17(10(6)21)4-15-3-16-7(18)1-5(9(16)20)12(13)22/h5-6,15H,1-4,11,22H2. The van der Waals surface area contributed by atoms with Gasteiger partial charge in [-0.2, -0.15) is 9.12 Å². The van der Waals surface area contributed by atoms with Crippen LogP contribution in [0.25, 0.3) is 0 Å². The molecule has 2 heterocycles. The number of imide groups is 2. The Labute approximate surface area is 165 Å². The molecule has 2 aliphatic rings. The van der Waals surface area contributed by atoms with Crippen molar-refractivity contribution in [3.63, 3.8) is 0 Å². The molecule has 13 heteroatoms. The quantitative estimate of drug-likeness (QED) is 0.207. The number of hydrogen-bond donors (Lipinski definition) is 1. The van der Waals surface area contributed by atoms with Crippen molar-refractivity contribution < 1.29 is 19.2 Å². The van der Waals surface area contributed by atoms with Crippen molar-refractivity contribution in [2.45, 2.75) is 24.3 Å². The van der Waals surface area contributed by atoms with Gasteiger partial charge in [0.25, 0.3) is 4.29 Å². The second-order valence-electron chi connectivity index (χ2n) is 5.39. The van der Waals surface area contributed by atoms with Gasteiger partial charge in [-0.15, -0.1) is 22.4 Å². The highest BCUT2D eigenvalue weighted by Crippen LogP contribution is 2.49. The fraction of sp³-hybridized carbons (Fsp3) is 0.600. The minimum Gasteiger partial charge on any atom is -0.281 e. The predicted octanol–water partition coefficient (Wildman–Crippen LogP) is -0.0741. The van der Waals surface area contributed by atoms with Crippen molar-refractivity contribution in [2.75, 3.05) is 13.3 Å². The number of halogens is 2. The van der Waals surface area contributed by atoms with Gasteiger partial charge in [0.15, 0.2) is 0 Å². The van der Waals surface area contributed by atoms with Crippen LogP contribution in [0.3, 0.4) is 0 Å². The molecule has 2 rings (SSSR count). The largest absolute Gasteiger partial charge is 0.281 e. The average molecular weight is 579 g/mol. The maximum atomic E-state index is 12.2. The predicted molar refractivity (Wildman–Crippen MR) is 112 cm³/mol. The van der Waals surface area contributed by atoms with Gasteiger partial charge in [0.2, 0.25) is 23.6 Å². The second kappa shape index (κ2) is 8.38. The van der Waals surface area contributed by atoms with Crippen LogP contribution in [0.15, 0.2) is 0 Å². The fourth-order valence-corrected chi connectivity index (χ4v) is 5.53. The number of nitrogens with zero attached hydrogens (tertiary/aromatic N) is 2. The molecule has 7 nitrogen and oxygen atoms in total. The smallest absolute Gasteiger partial charge is 0.252 e. The van der Waals surface area contributed by atoms with E-state index >= 15 is 0 Å². The molecule has 4 unspecified atom stereocenters. The SMILES string of the molecule is BP(I)C1CC(=O)N(CNCN2C(=O)CC(B(P)I)C2=O)C1=O. The summed E-state index contributed by atoms with van der Waals surface area (Å²) in [4.78, 5) is 50.5. The van der Waals surface area contributed by atoms with Crippen LogP contribution in [0.1, 0.15) is 12.8 Å². The zero-order valence-corrected chi connectivity index (χ0v) is 18.7. The van der Waals surface area contributed by atoms with Crippen LogP contribution in [0, 0.1) is 0 Å². The molecule has 0 aromatic rings. The maximum Gasteiger partial charge on any atom is 0.252 e. The van der Waals surface area contributed by atoms with Crippen LogP contribution < -0.4 is 5.32 Å². The summed E-state index contributed by atoms with van der Waals surface area (Å²) < 4.78 is 0.00371. The molecule has 0 aromatic heterocycles. The number of carbonyl (C=O) groups is 4. The molecule has 2 fully saturated rings. The van der Waals surface area contributed by atoms with Gasteiger partial charge in [0, 0.05) is 18.7 Å². The topological polar surface area (TPSA) is 86.8 Å². The normalized spacial score (nSPS) is 26.4. The van der Waals surface area contributed by atoms with Crippen molar-refractivity contribution in [3.8, 4) is 0 Å². The van der Waals surface area contributed by atoms with E-state index in [9.17, 15) is 19.2 Å². The third-order valence-electron chi connectivity index (χ3n) is 3.85. The summed E-state index contributed by atoms with van der Waals surface area (Å²) in [7, 11) is 4.50. The van der Waals surface area contributed by atoms with Crippen molar-refractivity contribution in [3.05, 3.63) is 0 Å². The van der Waals surface area contributed by atoms with E-state index < -0.39 is 5.44 Å². The van der Waals surface area contributed by atoms with E-state index in [1.54, 1.807) is 0 Å². The van der Waals surface area contributed by atoms with Gasteiger partial charge in [-0.3, -0.25) is 34.3 Å². The molecule has 1 N–H and O–H groups in total. The van der Waals surface area contributed by atoms with E-state index in [-0.39, 0.29) is 65.6 Å². The molecule has 0 spiro atoms. The lowest BCUT2D eigenvalue weighted by molar-refractivity contribution is -0.139. The molecule has 4 amide bonds. The molecule has 0 aromatic carbocycles. The lowest BCUT2D eigenvalue weighted by Crippen LogP contribution is -2.45. The summed E-state index contributed by atoms with van der Waals surface area (Å²) in [5, 5.41) is 2.87. The van der Waals surface area contributed by atoms with E-state index in [1.807, 2.05) is 7.57 Å². The average Bonchev–Trinajstić information content (AvgIpc) is 2.90. The molecule has 2 aliphatic heterocycles. The maximum absolute atomic E-state index is 12.2. The Hall–Kier alpha value is 0.690. The molecule has 4 atom stereocenters. The van der Waals surface area contributed by atoms with Crippen LogP contribution in [-0.4, -0.2) is 64.3 Å². The molecule has 0 saturated carbocycles. The lowest BCUT2D eigenvalue weighted by atomic mass is 9.84. The molecule has 0 radical (unpaired) electrons. The van der Waals surface area contributed by atoms with Crippen molar-refractivity contribution >= 4 is 94.5 Å². The molecule has 23 heavy (non-hydrogen) atoms. The Morgan fingerprint density at radius 2 is 1.70 bits per heavy atom. The minimum atomic E-state index is -0.537. The van der Waals surface area contributed by atoms with E-state index in [0.717, 1.165) is 4.90 Å². The number of amides is 4. The van der Waals surface area contributed by atoms with Gasteiger partial charge in [-0.05, 0) is 0 Å². The van der Waals surface area contributed by atoms with Crippen LogP contribution >= 0.6 is 59.0 Å². The summed E-state index contributed by atoms with van der Waals surface area (Å²) in [6.07, 6.45) is 0.453. The van der Waals surface area contributed by atoms with Gasteiger partial charge in [0.1, 0.15) is 7.57 Å². The third kappa shape index (κ3) is 4.46. The van der Waals surface area contributed by atoms with Gasteiger partial charge >= 0.3 is 0 Å². The summed E-state index contributed by atoms with van der Waals surface area (Å²) in [6.45, 7) is 0.0548. The fourth-order valence-electron chi connectivity index (χ4n) is 2.51. The molecule has 2 saturated heterocycles. The van der Waals surface area contributed by atoms with Gasteiger partial charge in [-0.25, -0.2) is 0 Å². The highest BCUT2D eigenvalue weighted by atomic mass is 127. The number of rotatable bonds is 6. The second-order valence-corrected chi connectivity index (χ2v) is 15.1. The Bertz CT molecular complexity index is 508. The van der Waals surface area contributed by atoms with Crippen LogP contribution in [0.5, 0.6) is 0 Å². The van der Waals surface area contributed by atoms with E-state index in [0.29, 0.717) is 0 Å². The summed E-state index contributed by atoms with van der Waals surface area (Å²) >= 11 is 4.31. The summed E-state index contributed by atoms with van der Waals surface area (Å²) in [5.74, 6) is -1.12. The van der Waals surface area contributed by atoms with E-state index in [1.165, 1.54) is 4.90 Å². The monoisotopic (exact) mass is 579 g/mol. The molecule has 0 aliphatic carbocycles. The van der Waals surface area contributed by atoms with E-state index in [2.05, 4.69) is 58.9 Å². The first-order chi connectivity index (χ1) is 10.7. The zero-order chi connectivity index (χ0) is 17.3. The highest BCUT2D eigenvalue weighted by molar-refractivity contribution is 14.2. The summed E-state index contributed by atoms with van der Waals surface area (Å²) in [5.41, 5.74) is -0.763. The van der Waals surface area contributed by atoms with Gasteiger partial charge in [0.05, 0.1) is 19.0 Å². The van der Waals surface area contributed by atoms with Crippen LogP contribution in [-0.2, 0) is 19.2 Å².